The zero-order valence-corrected chi connectivity index (χ0v) is 10.7. The lowest BCUT2D eigenvalue weighted by atomic mass is 10.3. The van der Waals surface area contributed by atoms with Crippen LogP contribution in [0.1, 0.15) is 18.5 Å². The summed E-state index contributed by atoms with van der Waals surface area (Å²) in [5.41, 5.74) is 0.950. The van der Waals surface area contributed by atoms with Crippen LogP contribution in [0.25, 0.3) is 0 Å². The molecule has 0 aliphatic rings. The fourth-order valence-corrected chi connectivity index (χ4v) is 1.46. The van der Waals surface area contributed by atoms with Crippen molar-refractivity contribution in [1.82, 2.24) is 10.3 Å². The zero-order valence-electron chi connectivity index (χ0n) is 10.7. The Morgan fingerprint density at radius 1 is 1.24 bits per heavy atom. The highest BCUT2D eigenvalue weighted by Crippen LogP contribution is 2.13. The van der Waals surface area contributed by atoms with E-state index in [1.807, 2.05) is 19.1 Å². The monoisotopic (exact) mass is 238 g/mol. The van der Waals surface area contributed by atoms with Crippen molar-refractivity contribution in [3.8, 4) is 5.75 Å². The van der Waals surface area contributed by atoms with E-state index in [9.17, 15) is 0 Å². The molecule has 1 heterocycles. The van der Waals surface area contributed by atoms with Gasteiger partial charge >= 0.3 is 0 Å². The molecule has 96 valence electrons. The van der Waals surface area contributed by atoms with Crippen LogP contribution in [0.3, 0.4) is 0 Å². The van der Waals surface area contributed by atoms with Crippen LogP contribution in [-0.2, 0) is 4.74 Å². The highest BCUT2D eigenvalue weighted by molar-refractivity contribution is 5.25. The molecule has 1 rings (SSSR count). The van der Waals surface area contributed by atoms with E-state index in [2.05, 4.69) is 10.3 Å². The van der Waals surface area contributed by atoms with Crippen LogP contribution < -0.4 is 10.1 Å². The van der Waals surface area contributed by atoms with Crippen LogP contribution in [0.2, 0.25) is 0 Å². The number of nitrogens with zero attached hydrogens (tertiary/aromatic N) is 1. The summed E-state index contributed by atoms with van der Waals surface area (Å²) in [6, 6.07) is 3.85. The topological polar surface area (TPSA) is 43.4 Å². The van der Waals surface area contributed by atoms with Crippen molar-refractivity contribution < 1.29 is 9.47 Å². The molecule has 0 atom stereocenters. The Labute approximate surface area is 103 Å². The SMILES string of the molecule is COCCNCCCCOc1cccnc1C. The van der Waals surface area contributed by atoms with Gasteiger partial charge in [0.15, 0.2) is 0 Å². The first-order valence-electron chi connectivity index (χ1n) is 6.08. The van der Waals surface area contributed by atoms with Crippen molar-refractivity contribution in [1.29, 1.82) is 0 Å². The largest absolute Gasteiger partial charge is 0.492 e. The highest BCUT2D eigenvalue weighted by Gasteiger charge is 1.98. The molecule has 1 aromatic rings. The molecule has 0 unspecified atom stereocenters. The van der Waals surface area contributed by atoms with Gasteiger partial charge in [0.1, 0.15) is 5.75 Å². The fourth-order valence-electron chi connectivity index (χ4n) is 1.46. The number of pyridine rings is 1. The summed E-state index contributed by atoms with van der Waals surface area (Å²) < 4.78 is 10.6. The van der Waals surface area contributed by atoms with Crippen LogP contribution in [0, 0.1) is 6.92 Å². The Balaban J connectivity index is 1.99. The summed E-state index contributed by atoms with van der Waals surface area (Å²) in [6.45, 7) is 5.41. The van der Waals surface area contributed by atoms with Gasteiger partial charge in [-0.05, 0) is 38.4 Å². The Kier molecular flexibility index (Phi) is 7.34. The summed E-state index contributed by atoms with van der Waals surface area (Å²) in [7, 11) is 1.71. The van der Waals surface area contributed by atoms with Crippen LogP contribution in [0.15, 0.2) is 18.3 Å². The number of nitrogens with one attached hydrogen (secondary N) is 1. The summed E-state index contributed by atoms with van der Waals surface area (Å²) in [5, 5.41) is 3.30. The Bertz CT molecular complexity index is 305. The molecule has 0 spiro atoms. The van der Waals surface area contributed by atoms with Gasteiger partial charge in [-0.2, -0.15) is 0 Å². The first kappa shape index (κ1) is 13.9. The van der Waals surface area contributed by atoms with Gasteiger partial charge in [-0.15, -0.1) is 0 Å². The lowest BCUT2D eigenvalue weighted by Gasteiger charge is -2.08. The highest BCUT2D eigenvalue weighted by atomic mass is 16.5. The zero-order chi connectivity index (χ0) is 12.3. The molecule has 0 fully saturated rings. The number of hydrogen-bond donors (Lipinski definition) is 1. The van der Waals surface area contributed by atoms with E-state index in [0.29, 0.717) is 0 Å². The molecule has 0 saturated heterocycles. The van der Waals surface area contributed by atoms with Crippen LogP contribution in [0.4, 0.5) is 0 Å². The van der Waals surface area contributed by atoms with Crippen molar-refractivity contribution in [2.45, 2.75) is 19.8 Å². The van der Waals surface area contributed by atoms with E-state index in [1.165, 1.54) is 0 Å². The normalized spacial score (nSPS) is 10.5. The molecule has 0 aliphatic carbocycles. The maximum atomic E-state index is 5.65. The van der Waals surface area contributed by atoms with Crippen molar-refractivity contribution in [2.75, 3.05) is 33.4 Å². The molecule has 1 aromatic heterocycles. The van der Waals surface area contributed by atoms with E-state index in [-0.39, 0.29) is 0 Å². The third kappa shape index (κ3) is 6.24. The van der Waals surface area contributed by atoms with Gasteiger partial charge in [-0.3, -0.25) is 4.98 Å². The minimum absolute atomic E-state index is 0.749. The predicted molar refractivity (Wildman–Crippen MR) is 68.4 cm³/mol. The predicted octanol–water partition coefficient (Wildman–Crippen LogP) is 1.79. The second-order valence-electron chi connectivity index (χ2n) is 3.89. The number of aryl methyl sites for hydroxylation is 1. The smallest absolute Gasteiger partial charge is 0.140 e. The van der Waals surface area contributed by atoms with Gasteiger partial charge in [0.25, 0.3) is 0 Å². The minimum Gasteiger partial charge on any atom is -0.492 e. The van der Waals surface area contributed by atoms with Crippen LogP contribution >= 0.6 is 0 Å². The van der Waals surface area contributed by atoms with Gasteiger partial charge in [0, 0.05) is 19.9 Å². The summed E-state index contributed by atoms with van der Waals surface area (Å²) >= 11 is 0. The number of unbranched alkanes of at least 4 members (excludes halogenated alkanes) is 1. The number of aromatic nitrogens is 1. The molecule has 0 amide bonds. The van der Waals surface area contributed by atoms with E-state index in [1.54, 1.807) is 13.3 Å². The quantitative estimate of drug-likeness (QED) is 0.666. The fraction of sp³-hybridized carbons (Fsp3) is 0.615. The lowest BCUT2D eigenvalue weighted by molar-refractivity contribution is 0.199. The molecule has 4 nitrogen and oxygen atoms in total. The molecule has 17 heavy (non-hydrogen) atoms. The molecular weight excluding hydrogens is 216 g/mol. The number of rotatable bonds is 9. The lowest BCUT2D eigenvalue weighted by Crippen LogP contribution is -2.20. The first-order valence-corrected chi connectivity index (χ1v) is 6.08. The molecule has 0 radical (unpaired) electrons. The average Bonchev–Trinajstić information content (AvgIpc) is 2.35. The van der Waals surface area contributed by atoms with E-state index >= 15 is 0 Å². The van der Waals surface area contributed by atoms with Gasteiger partial charge in [-0.1, -0.05) is 0 Å². The maximum absolute atomic E-state index is 5.65. The Morgan fingerprint density at radius 3 is 2.88 bits per heavy atom. The summed E-state index contributed by atoms with van der Waals surface area (Å²) in [4.78, 5) is 4.18. The third-order valence-electron chi connectivity index (χ3n) is 2.45. The molecule has 4 heteroatoms. The number of methoxy groups -OCH3 is 1. The molecule has 0 aromatic carbocycles. The third-order valence-corrected chi connectivity index (χ3v) is 2.45. The Hall–Kier alpha value is -1.13. The number of hydrogen-bond acceptors (Lipinski definition) is 4. The second-order valence-corrected chi connectivity index (χ2v) is 3.89. The molecule has 0 bridgehead atoms. The van der Waals surface area contributed by atoms with Crippen molar-refractivity contribution in [2.24, 2.45) is 0 Å². The summed E-state index contributed by atoms with van der Waals surface area (Å²) in [6.07, 6.45) is 3.94. The van der Waals surface area contributed by atoms with Crippen LogP contribution in [0.5, 0.6) is 5.75 Å². The second kappa shape index (κ2) is 8.96. The maximum Gasteiger partial charge on any atom is 0.140 e. The Morgan fingerprint density at radius 2 is 2.12 bits per heavy atom. The molecule has 0 aliphatic heterocycles. The van der Waals surface area contributed by atoms with Gasteiger partial charge in [0.05, 0.1) is 18.9 Å². The summed E-state index contributed by atoms with van der Waals surface area (Å²) in [5.74, 6) is 0.889. The van der Waals surface area contributed by atoms with Crippen molar-refractivity contribution in [3.63, 3.8) is 0 Å². The van der Waals surface area contributed by atoms with Crippen LogP contribution in [-0.4, -0.2) is 38.4 Å². The van der Waals surface area contributed by atoms with E-state index < -0.39 is 0 Å². The van der Waals surface area contributed by atoms with Crippen molar-refractivity contribution >= 4 is 0 Å². The molecule has 0 saturated carbocycles. The van der Waals surface area contributed by atoms with Gasteiger partial charge < -0.3 is 14.8 Å². The minimum atomic E-state index is 0.749. The first-order chi connectivity index (χ1) is 8.34. The number of ether oxygens (including phenoxy) is 2. The molecular formula is C13H22N2O2. The standard InChI is InChI=1S/C13H22N2O2/c1-12-13(6-5-8-15-12)17-10-4-3-7-14-9-11-16-2/h5-6,8,14H,3-4,7,9-11H2,1-2H3. The van der Waals surface area contributed by atoms with E-state index in [4.69, 9.17) is 9.47 Å². The molecule has 1 N–H and O–H groups in total. The van der Waals surface area contributed by atoms with E-state index in [0.717, 1.165) is 50.6 Å². The van der Waals surface area contributed by atoms with Crippen molar-refractivity contribution in [3.05, 3.63) is 24.0 Å². The van der Waals surface area contributed by atoms with Gasteiger partial charge in [-0.25, -0.2) is 0 Å². The van der Waals surface area contributed by atoms with Gasteiger partial charge in [0.2, 0.25) is 0 Å². The average molecular weight is 238 g/mol.